The van der Waals surface area contributed by atoms with Crippen LogP contribution in [-0.4, -0.2) is 25.7 Å². The third kappa shape index (κ3) is 2.55. The standard InChI is InChI=1S/C15H18N2O3/c1-19-11-6-5-7-12(20-2)13(11)14(18)17-15(10-16)8-3-4-9-15/h5-7H,3-4,8-9H2,1-2H3,(H,17,18). The van der Waals surface area contributed by atoms with E-state index in [4.69, 9.17) is 9.47 Å². The van der Waals surface area contributed by atoms with Crippen LogP contribution < -0.4 is 14.8 Å². The first-order chi connectivity index (χ1) is 9.65. The van der Waals surface area contributed by atoms with Gasteiger partial charge in [-0.15, -0.1) is 0 Å². The van der Waals surface area contributed by atoms with E-state index >= 15 is 0 Å². The van der Waals surface area contributed by atoms with E-state index in [1.165, 1.54) is 14.2 Å². The maximum atomic E-state index is 12.5. The minimum Gasteiger partial charge on any atom is -0.496 e. The van der Waals surface area contributed by atoms with Gasteiger partial charge in [0.1, 0.15) is 22.6 Å². The molecule has 0 unspecified atom stereocenters. The second-order valence-electron chi connectivity index (χ2n) is 4.89. The summed E-state index contributed by atoms with van der Waals surface area (Å²) in [6.45, 7) is 0. The monoisotopic (exact) mass is 274 g/mol. The Hall–Kier alpha value is -2.22. The third-order valence-electron chi connectivity index (χ3n) is 3.68. The molecule has 1 N–H and O–H groups in total. The zero-order valence-electron chi connectivity index (χ0n) is 11.7. The first-order valence-electron chi connectivity index (χ1n) is 6.60. The zero-order chi connectivity index (χ0) is 14.6. The van der Waals surface area contributed by atoms with Crippen molar-refractivity contribution in [3.8, 4) is 17.6 Å². The van der Waals surface area contributed by atoms with Crippen molar-refractivity contribution in [1.29, 1.82) is 5.26 Å². The summed E-state index contributed by atoms with van der Waals surface area (Å²) >= 11 is 0. The van der Waals surface area contributed by atoms with Gasteiger partial charge in [-0.1, -0.05) is 6.07 Å². The molecule has 0 spiro atoms. The minimum atomic E-state index is -0.761. The summed E-state index contributed by atoms with van der Waals surface area (Å²) in [6, 6.07) is 7.39. The lowest BCUT2D eigenvalue weighted by Crippen LogP contribution is -2.45. The van der Waals surface area contributed by atoms with Gasteiger partial charge in [-0.25, -0.2) is 0 Å². The Kier molecular flexibility index (Phi) is 4.14. The SMILES string of the molecule is COc1cccc(OC)c1C(=O)NC1(C#N)CCCC1. The molecule has 1 amide bonds. The summed E-state index contributed by atoms with van der Waals surface area (Å²) in [5.41, 5.74) is -0.429. The second-order valence-corrected chi connectivity index (χ2v) is 4.89. The van der Waals surface area contributed by atoms with Crippen molar-refractivity contribution in [1.82, 2.24) is 5.32 Å². The quantitative estimate of drug-likeness (QED) is 0.914. The van der Waals surface area contributed by atoms with Crippen LogP contribution >= 0.6 is 0 Å². The molecule has 0 atom stereocenters. The third-order valence-corrected chi connectivity index (χ3v) is 3.68. The van der Waals surface area contributed by atoms with Crippen LogP contribution in [0.15, 0.2) is 18.2 Å². The predicted octanol–water partition coefficient (Wildman–Crippen LogP) is 2.27. The minimum absolute atomic E-state index is 0.331. The van der Waals surface area contributed by atoms with E-state index in [0.717, 1.165) is 12.8 Å². The average molecular weight is 274 g/mol. The largest absolute Gasteiger partial charge is 0.496 e. The normalized spacial score (nSPS) is 16.2. The van der Waals surface area contributed by atoms with Crippen molar-refractivity contribution >= 4 is 5.91 Å². The van der Waals surface area contributed by atoms with E-state index < -0.39 is 5.54 Å². The number of nitrogens with one attached hydrogen (secondary N) is 1. The van der Waals surface area contributed by atoms with Gasteiger partial charge in [0, 0.05) is 0 Å². The Labute approximate surface area is 118 Å². The van der Waals surface area contributed by atoms with E-state index in [1.807, 2.05) is 0 Å². The molecule has 1 saturated carbocycles. The number of methoxy groups -OCH3 is 2. The van der Waals surface area contributed by atoms with Crippen LogP contribution in [0.2, 0.25) is 0 Å². The molecule has 1 aromatic rings. The Morgan fingerprint density at radius 1 is 1.25 bits per heavy atom. The molecule has 5 heteroatoms. The molecule has 0 bridgehead atoms. The van der Waals surface area contributed by atoms with Crippen LogP contribution in [0.1, 0.15) is 36.0 Å². The van der Waals surface area contributed by atoms with E-state index in [0.29, 0.717) is 29.9 Å². The van der Waals surface area contributed by atoms with Gasteiger partial charge >= 0.3 is 0 Å². The lowest BCUT2D eigenvalue weighted by atomic mass is 9.99. The average Bonchev–Trinajstić information content (AvgIpc) is 2.95. The van der Waals surface area contributed by atoms with E-state index in [-0.39, 0.29) is 5.91 Å². The molecule has 0 saturated heterocycles. The molecule has 0 radical (unpaired) electrons. The van der Waals surface area contributed by atoms with E-state index in [2.05, 4.69) is 11.4 Å². The first-order valence-corrected chi connectivity index (χ1v) is 6.60. The lowest BCUT2D eigenvalue weighted by Gasteiger charge is -2.23. The van der Waals surface area contributed by atoms with E-state index in [1.54, 1.807) is 18.2 Å². The molecule has 2 rings (SSSR count). The van der Waals surface area contributed by atoms with Gasteiger partial charge in [0.25, 0.3) is 5.91 Å². The molecule has 1 fully saturated rings. The van der Waals surface area contributed by atoms with Crippen LogP contribution in [0.4, 0.5) is 0 Å². The topological polar surface area (TPSA) is 71.3 Å². The highest BCUT2D eigenvalue weighted by molar-refractivity contribution is 6.00. The summed E-state index contributed by atoms with van der Waals surface area (Å²) in [6.07, 6.45) is 3.28. The predicted molar refractivity (Wildman–Crippen MR) is 73.8 cm³/mol. The number of nitrogens with zero attached hydrogens (tertiary/aromatic N) is 1. The Balaban J connectivity index is 2.32. The Morgan fingerprint density at radius 2 is 1.80 bits per heavy atom. The zero-order valence-corrected chi connectivity index (χ0v) is 11.7. The van der Waals surface area contributed by atoms with Crippen molar-refractivity contribution in [3.63, 3.8) is 0 Å². The highest BCUT2D eigenvalue weighted by Gasteiger charge is 2.36. The van der Waals surface area contributed by atoms with Crippen molar-refractivity contribution in [3.05, 3.63) is 23.8 Å². The van der Waals surface area contributed by atoms with Crippen molar-refractivity contribution in [2.75, 3.05) is 14.2 Å². The number of rotatable bonds is 4. The maximum Gasteiger partial charge on any atom is 0.260 e. The Bertz CT molecular complexity index is 520. The van der Waals surface area contributed by atoms with Gasteiger partial charge < -0.3 is 14.8 Å². The summed E-state index contributed by atoms with van der Waals surface area (Å²) in [4.78, 5) is 12.5. The van der Waals surface area contributed by atoms with Crippen LogP contribution in [0.5, 0.6) is 11.5 Å². The summed E-state index contributed by atoms with van der Waals surface area (Å²) in [5.74, 6) is 0.545. The number of hydrogen-bond acceptors (Lipinski definition) is 4. The smallest absolute Gasteiger partial charge is 0.260 e. The van der Waals surface area contributed by atoms with Crippen molar-refractivity contribution in [2.24, 2.45) is 0 Å². The number of benzene rings is 1. The van der Waals surface area contributed by atoms with Gasteiger partial charge in [-0.05, 0) is 37.8 Å². The fourth-order valence-electron chi connectivity index (χ4n) is 2.60. The molecule has 1 aliphatic rings. The molecule has 20 heavy (non-hydrogen) atoms. The molecule has 0 aliphatic heterocycles. The molecular formula is C15H18N2O3. The first kappa shape index (κ1) is 14.2. The maximum absolute atomic E-state index is 12.5. The molecule has 0 heterocycles. The van der Waals surface area contributed by atoms with Crippen molar-refractivity contribution < 1.29 is 14.3 Å². The molecule has 5 nitrogen and oxygen atoms in total. The molecular weight excluding hydrogens is 256 g/mol. The lowest BCUT2D eigenvalue weighted by molar-refractivity contribution is 0.0914. The van der Waals surface area contributed by atoms with Crippen LogP contribution in [-0.2, 0) is 0 Å². The number of carbonyl (C=O) groups excluding carboxylic acids is 1. The van der Waals surface area contributed by atoms with E-state index in [9.17, 15) is 10.1 Å². The number of carbonyl (C=O) groups is 1. The van der Waals surface area contributed by atoms with Gasteiger partial charge in [-0.3, -0.25) is 4.79 Å². The Morgan fingerprint density at radius 3 is 2.25 bits per heavy atom. The van der Waals surface area contributed by atoms with Gasteiger partial charge in [0.15, 0.2) is 0 Å². The summed E-state index contributed by atoms with van der Waals surface area (Å²) in [7, 11) is 3.00. The molecule has 106 valence electrons. The fraction of sp³-hybridized carbons (Fsp3) is 0.467. The van der Waals surface area contributed by atoms with Crippen LogP contribution in [0, 0.1) is 11.3 Å². The van der Waals surface area contributed by atoms with Gasteiger partial charge in [-0.2, -0.15) is 5.26 Å². The fourth-order valence-corrected chi connectivity index (χ4v) is 2.60. The number of amides is 1. The summed E-state index contributed by atoms with van der Waals surface area (Å²) in [5, 5.41) is 12.2. The molecule has 0 aromatic heterocycles. The van der Waals surface area contributed by atoms with Gasteiger partial charge in [0.05, 0.1) is 20.3 Å². The highest BCUT2D eigenvalue weighted by atomic mass is 16.5. The van der Waals surface area contributed by atoms with Crippen LogP contribution in [0.3, 0.4) is 0 Å². The van der Waals surface area contributed by atoms with Crippen LogP contribution in [0.25, 0.3) is 0 Å². The number of nitriles is 1. The van der Waals surface area contributed by atoms with Crippen molar-refractivity contribution in [2.45, 2.75) is 31.2 Å². The number of hydrogen-bond donors (Lipinski definition) is 1. The molecule has 1 aromatic carbocycles. The molecule has 1 aliphatic carbocycles. The highest BCUT2D eigenvalue weighted by Crippen LogP contribution is 2.32. The number of ether oxygens (including phenoxy) is 2. The summed E-state index contributed by atoms with van der Waals surface area (Å²) < 4.78 is 10.4. The van der Waals surface area contributed by atoms with Gasteiger partial charge in [0.2, 0.25) is 0 Å². The second kappa shape index (κ2) is 5.83.